The number of aliphatic hydroxyl groups is 2. The molecule has 0 saturated carbocycles. The fourth-order valence-electron chi connectivity index (χ4n) is 10.2. The third kappa shape index (κ3) is 13.2. The number of hydrogen-bond acceptors (Lipinski definition) is 14. The fourth-order valence-corrected chi connectivity index (χ4v) is 12.7. The average Bonchev–Trinajstić information content (AvgIpc) is 4.02. The van der Waals surface area contributed by atoms with Crippen molar-refractivity contribution in [1.29, 1.82) is 0 Å². The zero-order chi connectivity index (χ0) is 53.3. The molecule has 2 aliphatic heterocycles. The molecule has 76 heavy (non-hydrogen) atoms. The summed E-state index contributed by atoms with van der Waals surface area (Å²) in [4.78, 5) is 33.9. The van der Waals surface area contributed by atoms with E-state index in [1.165, 1.54) is 37.0 Å². The van der Waals surface area contributed by atoms with Crippen LogP contribution in [0.3, 0.4) is 0 Å². The minimum absolute atomic E-state index is 0.0527. The lowest BCUT2D eigenvalue weighted by atomic mass is 9.97. The second-order valence-electron chi connectivity index (χ2n) is 20.1. The van der Waals surface area contributed by atoms with Gasteiger partial charge in [-0.2, -0.15) is 0 Å². The Hall–Kier alpha value is -6.78. The van der Waals surface area contributed by atoms with E-state index < -0.39 is 12.2 Å². The van der Waals surface area contributed by atoms with E-state index >= 15 is 0 Å². The molecular weight excluding hydrogens is 997 g/mol. The predicted molar refractivity (Wildman–Crippen MR) is 303 cm³/mol. The van der Waals surface area contributed by atoms with Gasteiger partial charge in [-0.15, -0.1) is 22.7 Å². The molecule has 4 heterocycles. The number of benzene rings is 6. The van der Waals surface area contributed by atoms with Gasteiger partial charge in [-0.1, -0.05) is 13.8 Å². The smallest absolute Gasteiger partial charge is 0.195 e. The van der Waals surface area contributed by atoms with Gasteiger partial charge in [0.15, 0.2) is 11.6 Å². The van der Waals surface area contributed by atoms with E-state index in [0.717, 1.165) is 78.7 Å². The number of piperidine rings is 2. The van der Waals surface area contributed by atoms with Crippen molar-refractivity contribution >= 4 is 54.4 Å². The molecule has 2 fully saturated rings. The van der Waals surface area contributed by atoms with E-state index in [2.05, 4.69) is 23.6 Å². The van der Waals surface area contributed by atoms with Crippen LogP contribution < -0.4 is 18.9 Å². The summed E-state index contributed by atoms with van der Waals surface area (Å²) >= 11 is 3.00. The maximum atomic E-state index is 13.9. The minimum Gasteiger partial charge on any atom is -0.508 e. The molecule has 2 aromatic heterocycles. The molecule has 4 unspecified atom stereocenters. The molecule has 4 N–H and O–H groups in total. The van der Waals surface area contributed by atoms with Crippen molar-refractivity contribution in [1.82, 2.24) is 9.80 Å². The van der Waals surface area contributed by atoms with Gasteiger partial charge >= 0.3 is 0 Å². The number of rotatable bonds is 18. The fraction of sp³-hybridized carbons (Fsp3) is 0.323. The zero-order valence-electron chi connectivity index (χ0n) is 43.4. The number of ether oxygens (including phenoxy) is 4. The van der Waals surface area contributed by atoms with Crippen LogP contribution in [0.15, 0.2) is 133 Å². The highest BCUT2D eigenvalue weighted by molar-refractivity contribution is 7.23. The van der Waals surface area contributed by atoms with Gasteiger partial charge in [0.2, 0.25) is 0 Å². The number of carbonyl (C=O) groups is 2. The first-order valence-corrected chi connectivity index (χ1v) is 27.6. The van der Waals surface area contributed by atoms with Crippen LogP contribution in [0.4, 0.5) is 0 Å². The number of nitrogens with zero attached hydrogens (tertiary/aromatic N) is 2. The third-order valence-electron chi connectivity index (χ3n) is 14.0. The van der Waals surface area contributed by atoms with Crippen LogP contribution in [-0.4, -0.2) is 121 Å². The number of aliphatic hydroxyl groups excluding tert-OH is 2. The Morgan fingerprint density at radius 1 is 0.539 bits per heavy atom. The Morgan fingerprint density at radius 3 is 1.41 bits per heavy atom. The first kappa shape index (κ1) is 54.0. The molecule has 4 atom stereocenters. The van der Waals surface area contributed by atoms with Crippen molar-refractivity contribution in [2.24, 2.45) is 11.8 Å². The number of phenolic OH excluding ortho intramolecular Hbond substituents is 2. The number of likely N-dealkylation sites (tertiary alicyclic amines) is 2. The molecule has 12 nitrogen and oxygen atoms in total. The lowest BCUT2D eigenvalue weighted by Gasteiger charge is -2.32. The Morgan fingerprint density at radius 2 is 0.947 bits per heavy atom. The van der Waals surface area contributed by atoms with Crippen molar-refractivity contribution < 1.29 is 49.0 Å². The van der Waals surface area contributed by atoms with Crippen molar-refractivity contribution in [2.75, 3.05) is 66.7 Å². The Bertz CT molecular complexity index is 3230. The Balaban J connectivity index is 0.000000186. The van der Waals surface area contributed by atoms with Crippen LogP contribution in [0.5, 0.6) is 34.5 Å². The summed E-state index contributed by atoms with van der Waals surface area (Å²) in [5.41, 5.74) is 4.10. The summed E-state index contributed by atoms with van der Waals surface area (Å²) < 4.78 is 24.2. The van der Waals surface area contributed by atoms with E-state index in [1.807, 2.05) is 42.5 Å². The zero-order valence-corrected chi connectivity index (χ0v) is 45.1. The second-order valence-corrected chi connectivity index (χ2v) is 22.2. The van der Waals surface area contributed by atoms with E-state index in [-0.39, 0.29) is 36.3 Å². The molecule has 0 aliphatic carbocycles. The molecule has 6 aromatic carbocycles. The van der Waals surface area contributed by atoms with Gasteiger partial charge in [0.05, 0.1) is 14.2 Å². The number of methoxy groups -OCH3 is 2. The standard InChI is InChI=1S/C32H35NO5S.C30H31NO5S/c1-21-5-4-16-33(18-21)19-24(34)20-38-26-12-6-22(7-13-26)31(35)30-28-15-14-27(37-3)17-29(28)39-32(30)23-8-10-25(36-2)11-9-23;1-19-3-2-14-31(16-19)17-24(34)18-36-25-11-6-20(7-12-25)29(35)28-26-13-10-23(33)15-27(26)37-30(28)21-4-8-22(32)9-5-21/h6-15,17,21,24,34H,4-5,16,18-20H2,1-3H3;4-13,15,19,24,32-34H,2-3,14,16-18H2,1H3. The number of aromatic hydroxyl groups is 2. The monoisotopic (exact) mass is 1060 g/mol. The molecule has 0 spiro atoms. The van der Waals surface area contributed by atoms with Gasteiger partial charge in [0.25, 0.3) is 0 Å². The van der Waals surface area contributed by atoms with Crippen molar-refractivity contribution in [2.45, 2.75) is 51.7 Å². The summed E-state index contributed by atoms with van der Waals surface area (Å²) in [6, 6.07) is 39.5. The third-order valence-corrected chi connectivity index (χ3v) is 16.4. The van der Waals surface area contributed by atoms with Gasteiger partial charge in [-0.25, -0.2) is 0 Å². The van der Waals surface area contributed by atoms with Gasteiger partial charge in [0.1, 0.15) is 59.9 Å². The molecule has 0 radical (unpaired) electrons. The van der Waals surface area contributed by atoms with Gasteiger partial charge in [-0.05, 0) is 195 Å². The number of phenols is 2. The van der Waals surface area contributed by atoms with Gasteiger partial charge in [0, 0.05) is 78.4 Å². The number of ketones is 2. The Labute approximate surface area is 452 Å². The Kier molecular flexibility index (Phi) is 17.7. The number of carbonyl (C=O) groups excluding carboxylic acids is 2. The van der Waals surface area contributed by atoms with Gasteiger partial charge < -0.3 is 49.2 Å². The van der Waals surface area contributed by atoms with Crippen LogP contribution in [-0.2, 0) is 0 Å². The summed E-state index contributed by atoms with van der Waals surface area (Å²) in [7, 11) is 3.28. The van der Waals surface area contributed by atoms with Crippen LogP contribution in [0.2, 0.25) is 0 Å². The molecule has 8 aromatic rings. The van der Waals surface area contributed by atoms with E-state index in [0.29, 0.717) is 58.7 Å². The number of fused-ring (bicyclic) bond motifs is 2. The van der Waals surface area contributed by atoms with Crippen LogP contribution in [0.25, 0.3) is 41.1 Å². The van der Waals surface area contributed by atoms with E-state index in [1.54, 1.807) is 117 Å². The summed E-state index contributed by atoms with van der Waals surface area (Å²) in [5.74, 6) is 4.19. The maximum Gasteiger partial charge on any atom is 0.195 e. The molecular formula is C62H66N2O10S2. The minimum atomic E-state index is -0.576. The maximum absolute atomic E-state index is 13.9. The normalized spacial score (nSPS) is 16.9. The highest BCUT2D eigenvalue weighted by atomic mass is 32.1. The summed E-state index contributed by atoms with van der Waals surface area (Å²) in [6.07, 6.45) is 3.71. The lowest BCUT2D eigenvalue weighted by molar-refractivity contribution is 0.0536. The second kappa shape index (κ2) is 24.9. The number of hydrogen-bond donors (Lipinski definition) is 4. The molecule has 0 amide bonds. The van der Waals surface area contributed by atoms with Crippen LogP contribution in [0.1, 0.15) is 71.4 Å². The van der Waals surface area contributed by atoms with Crippen molar-refractivity contribution in [3.8, 4) is 55.4 Å². The molecule has 396 valence electrons. The average molecular weight is 1060 g/mol. The van der Waals surface area contributed by atoms with E-state index in [4.69, 9.17) is 18.9 Å². The molecule has 2 aliphatic rings. The van der Waals surface area contributed by atoms with Crippen molar-refractivity contribution in [3.05, 3.63) is 156 Å². The topological polar surface area (TPSA) is 158 Å². The summed E-state index contributed by atoms with van der Waals surface area (Å²) in [6.45, 7) is 10.2. The predicted octanol–water partition coefficient (Wildman–Crippen LogP) is 12.0. The van der Waals surface area contributed by atoms with Crippen molar-refractivity contribution in [3.63, 3.8) is 0 Å². The first-order valence-electron chi connectivity index (χ1n) is 26.0. The molecule has 2 saturated heterocycles. The highest BCUT2D eigenvalue weighted by Crippen LogP contribution is 2.43. The van der Waals surface area contributed by atoms with Gasteiger partial charge in [-0.3, -0.25) is 9.59 Å². The highest BCUT2D eigenvalue weighted by Gasteiger charge is 2.25. The first-order chi connectivity index (χ1) is 36.8. The van der Waals surface area contributed by atoms with E-state index in [9.17, 15) is 30.0 Å². The molecule has 14 heteroatoms. The SMILES string of the molecule is CC1CCCN(CC(O)COc2ccc(C(=O)c3c(-c4ccc(O)cc4)sc4cc(O)ccc34)cc2)C1.COc1ccc(-c2sc3cc(OC)ccc3c2C(=O)c2ccc(OCC(O)CN3CCCC(C)C3)cc2)cc1. The number of β-amino-alcohol motifs (C(OH)–C–C–N with tert-alkyl or cyclic N) is 2. The lowest BCUT2D eigenvalue weighted by Crippen LogP contribution is -2.41. The quantitative estimate of drug-likeness (QED) is 0.0604. The van der Waals surface area contributed by atoms with Crippen LogP contribution >= 0.6 is 22.7 Å². The molecule has 10 rings (SSSR count). The number of thiophene rings is 2. The van der Waals surface area contributed by atoms with Crippen LogP contribution in [0, 0.1) is 11.8 Å². The summed E-state index contributed by atoms with van der Waals surface area (Å²) in [5, 5.41) is 42.3. The largest absolute Gasteiger partial charge is 0.508 e. The molecule has 0 bridgehead atoms.